The minimum Gasteiger partial charge on any atom is -0.376 e. The van der Waals surface area contributed by atoms with Crippen molar-refractivity contribution in [2.45, 2.75) is 12.7 Å². The van der Waals surface area contributed by atoms with Crippen LogP contribution in [0.5, 0.6) is 0 Å². The lowest BCUT2D eigenvalue weighted by Gasteiger charge is -2.06. The summed E-state index contributed by atoms with van der Waals surface area (Å²) in [5.41, 5.74) is 4.72. The summed E-state index contributed by atoms with van der Waals surface area (Å²) in [4.78, 5) is 15.1. The molecule has 0 aliphatic carbocycles. The van der Waals surface area contributed by atoms with E-state index in [1.807, 2.05) is 0 Å². The van der Waals surface area contributed by atoms with E-state index in [-0.39, 0.29) is 23.8 Å². The lowest BCUT2D eigenvalue weighted by Crippen LogP contribution is -2.13. The molecule has 1 amide bonds. The number of benzene rings is 2. The van der Waals surface area contributed by atoms with Crippen molar-refractivity contribution in [2.24, 2.45) is 5.73 Å². The maximum Gasteiger partial charge on any atom is 0.416 e. The number of amides is 1. The first-order valence-corrected chi connectivity index (χ1v) is 7.57. The molecule has 3 rings (SSSR count). The summed E-state index contributed by atoms with van der Waals surface area (Å²) in [6, 6.07) is 8.11. The molecule has 0 aliphatic heterocycles. The van der Waals surface area contributed by atoms with Gasteiger partial charge in [-0.05, 0) is 30.3 Å². The van der Waals surface area contributed by atoms with Crippen LogP contribution in [0.3, 0.4) is 0 Å². The van der Waals surface area contributed by atoms with Gasteiger partial charge in [0.25, 0.3) is 5.91 Å². The van der Waals surface area contributed by atoms with Gasteiger partial charge in [0.2, 0.25) is 11.7 Å². The first kappa shape index (κ1) is 18.4. The summed E-state index contributed by atoms with van der Waals surface area (Å²) in [5.74, 6) is -1.39. The second-order valence-corrected chi connectivity index (χ2v) is 5.50. The SMILES string of the molecule is NC(=O)c1ccc(NCc2nc(-c3ccc(C(F)(F)F)cc3)no2)cc1F. The van der Waals surface area contributed by atoms with Crippen LogP contribution in [0.2, 0.25) is 0 Å². The third-order valence-electron chi connectivity index (χ3n) is 3.62. The molecule has 3 N–H and O–H groups in total. The summed E-state index contributed by atoms with van der Waals surface area (Å²) in [7, 11) is 0. The van der Waals surface area contributed by atoms with Gasteiger partial charge >= 0.3 is 6.18 Å². The normalized spacial score (nSPS) is 11.4. The highest BCUT2D eigenvalue weighted by Crippen LogP contribution is 2.30. The van der Waals surface area contributed by atoms with Crippen molar-refractivity contribution >= 4 is 11.6 Å². The first-order chi connectivity index (χ1) is 12.7. The van der Waals surface area contributed by atoms with Crippen molar-refractivity contribution in [2.75, 3.05) is 5.32 Å². The topological polar surface area (TPSA) is 94.0 Å². The molecule has 3 aromatic rings. The smallest absolute Gasteiger partial charge is 0.376 e. The van der Waals surface area contributed by atoms with Crippen LogP contribution in [0.25, 0.3) is 11.4 Å². The molecule has 0 radical (unpaired) electrons. The Bertz CT molecular complexity index is 968. The minimum absolute atomic E-state index is 0.0446. The fourth-order valence-corrected chi connectivity index (χ4v) is 2.25. The van der Waals surface area contributed by atoms with Crippen molar-refractivity contribution < 1.29 is 26.9 Å². The van der Waals surface area contributed by atoms with Gasteiger partial charge in [-0.2, -0.15) is 18.2 Å². The zero-order chi connectivity index (χ0) is 19.6. The minimum atomic E-state index is -4.43. The van der Waals surface area contributed by atoms with Gasteiger partial charge in [-0.3, -0.25) is 4.79 Å². The van der Waals surface area contributed by atoms with E-state index in [1.165, 1.54) is 24.3 Å². The molecule has 6 nitrogen and oxygen atoms in total. The Hall–Kier alpha value is -3.43. The van der Waals surface area contributed by atoms with Gasteiger partial charge in [-0.25, -0.2) is 4.39 Å². The Balaban J connectivity index is 1.68. The van der Waals surface area contributed by atoms with Crippen molar-refractivity contribution in [1.29, 1.82) is 0 Å². The monoisotopic (exact) mass is 380 g/mol. The van der Waals surface area contributed by atoms with E-state index < -0.39 is 23.5 Å². The Labute approximate surface area is 150 Å². The van der Waals surface area contributed by atoms with Crippen molar-refractivity contribution in [3.05, 3.63) is 65.3 Å². The van der Waals surface area contributed by atoms with Crippen molar-refractivity contribution in [3.63, 3.8) is 0 Å². The van der Waals surface area contributed by atoms with Crippen LogP contribution in [-0.2, 0) is 12.7 Å². The molecule has 0 aliphatic rings. The molecule has 10 heteroatoms. The van der Waals surface area contributed by atoms with E-state index in [9.17, 15) is 22.4 Å². The summed E-state index contributed by atoms with van der Waals surface area (Å²) >= 11 is 0. The lowest BCUT2D eigenvalue weighted by atomic mass is 10.1. The fourth-order valence-electron chi connectivity index (χ4n) is 2.25. The van der Waals surface area contributed by atoms with Gasteiger partial charge in [0, 0.05) is 11.3 Å². The number of aromatic nitrogens is 2. The van der Waals surface area contributed by atoms with Gasteiger partial charge < -0.3 is 15.6 Å². The van der Waals surface area contributed by atoms with Crippen LogP contribution in [0.4, 0.5) is 23.2 Å². The van der Waals surface area contributed by atoms with Crippen molar-refractivity contribution in [1.82, 2.24) is 10.1 Å². The molecule has 0 fully saturated rings. The van der Waals surface area contributed by atoms with Crippen molar-refractivity contribution in [3.8, 4) is 11.4 Å². The summed E-state index contributed by atoms with van der Waals surface area (Å²) in [5, 5.41) is 6.53. The molecule has 0 atom stereocenters. The van der Waals surface area contributed by atoms with Crippen LogP contribution >= 0.6 is 0 Å². The van der Waals surface area contributed by atoms with Crippen LogP contribution < -0.4 is 11.1 Å². The molecular formula is C17H12F4N4O2. The van der Waals surface area contributed by atoms with Crippen LogP contribution in [0.15, 0.2) is 47.0 Å². The molecule has 1 aromatic heterocycles. The third kappa shape index (κ3) is 4.22. The largest absolute Gasteiger partial charge is 0.416 e. The Morgan fingerprint density at radius 3 is 2.44 bits per heavy atom. The molecule has 0 saturated heterocycles. The molecule has 0 unspecified atom stereocenters. The van der Waals surface area contributed by atoms with Gasteiger partial charge in [0.15, 0.2) is 0 Å². The number of anilines is 1. The Morgan fingerprint density at radius 2 is 1.85 bits per heavy atom. The molecule has 27 heavy (non-hydrogen) atoms. The molecule has 0 spiro atoms. The molecule has 140 valence electrons. The molecule has 0 bridgehead atoms. The number of carbonyl (C=O) groups is 1. The van der Waals surface area contributed by atoms with E-state index in [0.717, 1.165) is 18.2 Å². The molecule has 2 aromatic carbocycles. The standard InChI is InChI=1S/C17H12F4N4O2/c18-13-7-11(5-6-12(13)15(22)26)23-8-14-24-16(25-27-14)9-1-3-10(4-2-9)17(19,20)21/h1-7,23H,8H2,(H2,22,26). The number of nitrogens with two attached hydrogens (primary N) is 1. The number of rotatable bonds is 5. The average Bonchev–Trinajstić information content (AvgIpc) is 3.08. The zero-order valence-electron chi connectivity index (χ0n) is 13.5. The number of nitrogens with zero attached hydrogens (tertiary/aromatic N) is 2. The Kier molecular flexibility index (Phi) is 4.80. The summed E-state index contributed by atoms with van der Waals surface area (Å²) in [6.07, 6.45) is -4.43. The fraction of sp³-hybridized carbons (Fsp3) is 0.118. The van der Waals surface area contributed by atoms with E-state index in [2.05, 4.69) is 15.5 Å². The second kappa shape index (κ2) is 7.06. The number of halogens is 4. The predicted molar refractivity (Wildman–Crippen MR) is 87.0 cm³/mol. The van der Waals surface area contributed by atoms with Gasteiger partial charge in [0.1, 0.15) is 5.82 Å². The highest BCUT2D eigenvalue weighted by atomic mass is 19.4. The van der Waals surface area contributed by atoms with Gasteiger partial charge in [-0.1, -0.05) is 17.3 Å². The molecule has 1 heterocycles. The van der Waals surface area contributed by atoms with Crippen LogP contribution in [-0.4, -0.2) is 16.0 Å². The highest BCUT2D eigenvalue weighted by Gasteiger charge is 2.30. The number of hydrogen-bond donors (Lipinski definition) is 2. The second-order valence-electron chi connectivity index (χ2n) is 5.50. The highest BCUT2D eigenvalue weighted by molar-refractivity contribution is 5.93. The number of nitrogens with one attached hydrogen (secondary N) is 1. The first-order valence-electron chi connectivity index (χ1n) is 7.57. The Morgan fingerprint density at radius 1 is 1.15 bits per heavy atom. The maximum absolute atomic E-state index is 13.7. The van der Waals surface area contributed by atoms with Crippen LogP contribution in [0.1, 0.15) is 21.8 Å². The number of primary amides is 1. The number of carbonyl (C=O) groups excluding carboxylic acids is 1. The number of alkyl halides is 3. The predicted octanol–water partition coefficient (Wildman–Crippen LogP) is 3.61. The average molecular weight is 380 g/mol. The van der Waals surface area contributed by atoms with Crippen LogP contribution in [0, 0.1) is 5.82 Å². The molecular weight excluding hydrogens is 368 g/mol. The van der Waals surface area contributed by atoms with Gasteiger partial charge in [0.05, 0.1) is 17.7 Å². The molecule has 0 saturated carbocycles. The van der Waals surface area contributed by atoms with Gasteiger partial charge in [-0.15, -0.1) is 0 Å². The van der Waals surface area contributed by atoms with E-state index in [1.54, 1.807) is 0 Å². The number of hydrogen-bond acceptors (Lipinski definition) is 5. The maximum atomic E-state index is 13.7. The lowest BCUT2D eigenvalue weighted by molar-refractivity contribution is -0.137. The van der Waals surface area contributed by atoms with E-state index in [0.29, 0.717) is 11.3 Å². The quantitative estimate of drug-likeness (QED) is 0.660. The zero-order valence-corrected chi connectivity index (χ0v) is 13.5. The third-order valence-corrected chi connectivity index (χ3v) is 3.62. The van der Waals surface area contributed by atoms with E-state index in [4.69, 9.17) is 10.3 Å². The van der Waals surface area contributed by atoms with E-state index >= 15 is 0 Å². The summed E-state index contributed by atoms with van der Waals surface area (Å²) < 4.78 is 56.4. The summed E-state index contributed by atoms with van der Waals surface area (Å²) in [6.45, 7) is 0.0446.